The summed E-state index contributed by atoms with van der Waals surface area (Å²) in [4.78, 5) is 37.5. The second-order valence-corrected chi connectivity index (χ2v) is 14.0. The van der Waals surface area contributed by atoms with Crippen LogP contribution in [0.15, 0.2) is 0 Å². The van der Waals surface area contributed by atoms with E-state index < -0.39 is 83.8 Å². The van der Waals surface area contributed by atoms with E-state index in [0.717, 1.165) is 0 Å². The van der Waals surface area contributed by atoms with Crippen molar-refractivity contribution in [1.82, 2.24) is 10.6 Å². The fourth-order valence-electron chi connectivity index (χ4n) is 4.93. The van der Waals surface area contributed by atoms with Gasteiger partial charge in [0.1, 0.15) is 18.3 Å². The summed E-state index contributed by atoms with van der Waals surface area (Å²) in [6.45, 7) is 13.8. The van der Waals surface area contributed by atoms with E-state index in [-0.39, 0.29) is 18.6 Å². The number of aliphatic hydroxyl groups is 5. The SMILES string of the molecule is COC(C)(C)CCOC(C)(C)CCOC(=O)NC(C)(C)CC(C)(C)C(=O)NC1C(O)CC(O)(C(=O)O)OC1C(O)C(O)CO. The number of carboxylic acid groups (broad SMARTS) is 1. The molecule has 0 aromatic carbocycles. The Labute approximate surface area is 259 Å². The number of rotatable bonds is 17. The number of methoxy groups -OCH3 is 1. The number of ether oxygens (including phenoxy) is 4. The van der Waals surface area contributed by atoms with Gasteiger partial charge in [0.25, 0.3) is 5.79 Å². The van der Waals surface area contributed by atoms with E-state index >= 15 is 0 Å². The Hall–Kier alpha value is -2.11. The zero-order valence-electron chi connectivity index (χ0n) is 27.4. The summed E-state index contributed by atoms with van der Waals surface area (Å²) in [6, 6.07) is -1.47. The van der Waals surface area contributed by atoms with Crippen molar-refractivity contribution in [2.24, 2.45) is 5.41 Å². The van der Waals surface area contributed by atoms with Crippen LogP contribution in [-0.4, -0.2) is 129 Å². The van der Waals surface area contributed by atoms with E-state index in [1.165, 1.54) is 0 Å². The Morgan fingerprint density at radius 3 is 2.09 bits per heavy atom. The standard InChI is InChI=1S/C29H54N2O13/c1-25(2,16-26(3,4)31-24(39)42-12-10-28(7,8)43-13-11-27(5,6)41-9)22(36)30-19-17(33)14-29(40,23(37)38)44-21(19)20(35)18(34)15-32/h17-21,32-35,40H,10-16H2,1-9H3,(H,30,36)(H,31,39)(H,37,38). The Bertz CT molecular complexity index is 971. The summed E-state index contributed by atoms with van der Waals surface area (Å²) in [5.74, 6) is -5.43. The number of nitrogens with one attached hydrogen (secondary N) is 2. The quantitative estimate of drug-likeness (QED) is 0.105. The summed E-state index contributed by atoms with van der Waals surface area (Å²) in [7, 11) is 1.64. The summed E-state index contributed by atoms with van der Waals surface area (Å²) in [6.07, 6.45) is -7.68. The Balaban J connectivity index is 2.81. The van der Waals surface area contributed by atoms with Crippen LogP contribution >= 0.6 is 0 Å². The lowest BCUT2D eigenvalue weighted by molar-refractivity contribution is -0.295. The van der Waals surface area contributed by atoms with Crippen molar-refractivity contribution in [3.05, 3.63) is 0 Å². The van der Waals surface area contributed by atoms with Gasteiger partial charge < -0.3 is 60.2 Å². The molecule has 6 unspecified atom stereocenters. The summed E-state index contributed by atoms with van der Waals surface area (Å²) < 4.78 is 21.8. The fraction of sp³-hybridized carbons (Fsp3) is 0.897. The Kier molecular flexibility index (Phi) is 14.0. The first-order valence-electron chi connectivity index (χ1n) is 14.6. The molecule has 1 aliphatic heterocycles. The first-order valence-corrected chi connectivity index (χ1v) is 14.6. The number of carbonyl (C=O) groups is 3. The molecule has 15 nitrogen and oxygen atoms in total. The van der Waals surface area contributed by atoms with E-state index in [9.17, 15) is 45.0 Å². The third kappa shape index (κ3) is 12.0. The van der Waals surface area contributed by atoms with E-state index in [2.05, 4.69) is 10.6 Å². The van der Waals surface area contributed by atoms with Crippen LogP contribution in [-0.2, 0) is 28.5 Å². The van der Waals surface area contributed by atoms with Gasteiger partial charge in [-0.05, 0) is 54.4 Å². The van der Waals surface area contributed by atoms with Gasteiger partial charge in [0.2, 0.25) is 5.91 Å². The van der Waals surface area contributed by atoms with Crippen LogP contribution < -0.4 is 10.6 Å². The molecular formula is C29H54N2O13. The molecule has 2 amide bonds. The van der Waals surface area contributed by atoms with Crippen LogP contribution in [0, 0.1) is 5.41 Å². The van der Waals surface area contributed by atoms with Gasteiger partial charge in [-0.25, -0.2) is 9.59 Å². The van der Waals surface area contributed by atoms with Gasteiger partial charge in [0.15, 0.2) is 0 Å². The topological polar surface area (TPSA) is 234 Å². The molecule has 0 radical (unpaired) electrons. The lowest BCUT2D eigenvalue weighted by Gasteiger charge is -2.45. The highest BCUT2D eigenvalue weighted by atomic mass is 16.7. The lowest BCUT2D eigenvalue weighted by atomic mass is 9.78. The third-order valence-electron chi connectivity index (χ3n) is 7.76. The minimum absolute atomic E-state index is 0.0695. The monoisotopic (exact) mass is 638 g/mol. The number of aliphatic hydroxyl groups excluding tert-OH is 4. The molecule has 1 heterocycles. The summed E-state index contributed by atoms with van der Waals surface area (Å²) in [5.41, 5.74) is -3.05. The highest BCUT2D eigenvalue weighted by molar-refractivity contribution is 5.82. The molecule has 8 N–H and O–H groups in total. The van der Waals surface area contributed by atoms with Crippen LogP contribution in [0.2, 0.25) is 0 Å². The van der Waals surface area contributed by atoms with E-state index in [4.69, 9.17) is 18.9 Å². The maximum atomic E-state index is 13.4. The molecule has 1 fully saturated rings. The Morgan fingerprint density at radius 1 is 1.00 bits per heavy atom. The molecule has 0 saturated carbocycles. The predicted octanol–water partition coefficient (Wildman–Crippen LogP) is 0.0298. The molecule has 44 heavy (non-hydrogen) atoms. The average molecular weight is 639 g/mol. The van der Waals surface area contributed by atoms with Crippen LogP contribution in [0.25, 0.3) is 0 Å². The van der Waals surface area contributed by atoms with Crippen molar-refractivity contribution < 1.29 is 64.0 Å². The van der Waals surface area contributed by atoms with Gasteiger partial charge in [-0.2, -0.15) is 0 Å². The molecule has 0 bridgehead atoms. The zero-order chi connectivity index (χ0) is 34.3. The number of amides is 2. The second kappa shape index (κ2) is 15.5. The molecule has 6 atom stereocenters. The predicted molar refractivity (Wildman–Crippen MR) is 156 cm³/mol. The molecule has 258 valence electrons. The Morgan fingerprint density at radius 2 is 1.57 bits per heavy atom. The molecule has 1 rings (SSSR count). The van der Waals surface area contributed by atoms with E-state index in [1.807, 2.05) is 27.7 Å². The van der Waals surface area contributed by atoms with E-state index in [1.54, 1.807) is 34.8 Å². The third-order valence-corrected chi connectivity index (χ3v) is 7.76. The normalized spacial score (nSPS) is 24.7. The van der Waals surface area contributed by atoms with Crippen molar-refractivity contribution in [2.75, 3.05) is 26.9 Å². The highest BCUT2D eigenvalue weighted by Gasteiger charge is 2.54. The van der Waals surface area contributed by atoms with Crippen LogP contribution in [0.3, 0.4) is 0 Å². The van der Waals surface area contributed by atoms with Gasteiger partial charge >= 0.3 is 12.1 Å². The van der Waals surface area contributed by atoms with Gasteiger partial charge in [-0.1, -0.05) is 13.8 Å². The van der Waals surface area contributed by atoms with Gasteiger partial charge in [-0.3, -0.25) is 4.79 Å². The van der Waals surface area contributed by atoms with E-state index in [0.29, 0.717) is 19.4 Å². The number of hydrogen-bond acceptors (Lipinski definition) is 12. The van der Waals surface area contributed by atoms with Crippen LogP contribution in [0.5, 0.6) is 0 Å². The number of aliphatic carboxylic acids is 1. The van der Waals surface area contributed by atoms with Crippen molar-refractivity contribution in [1.29, 1.82) is 0 Å². The van der Waals surface area contributed by atoms with Crippen molar-refractivity contribution >= 4 is 18.0 Å². The number of carboxylic acids is 1. The first kappa shape index (κ1) is 39.9. The average Bonchev–Trinajstić information content (AvgIpc) is 2.87. The van der Waals surface area contributed by atoms with Crippen LogP contribution in [0.1, 0.15) is 81.1 Å². The molecule has 1 aliphatic rings. The molecule has 0 aromatic heterocycles. The summed E-state index contributed by atoms with van der Waals surface area (Å²) >= 11 is 0. The zero-order valence-corrected chi connectivity index (χ0v) is 27.4. The minimum atomic E-state index is -2.91. The largest absolute Gasteiger partial charge is 0.477 e. The van der Waals surface area contributed by atoms with Crippen molar-refractivity contribution in [3.8, 4) is 0 Å². The van der Waals surface area contributed by atoms with Crippen molar-refractivity contribution in [3.63, 3.8) is 0 Å². The molecule has 1 saturated heterocycles. The molecule has 15 heteroatoms. The highest BCUT2D eigenvalue weighted by Crippen LogP contribution is 2.33. The van der Waals surface area contributed by atoms with Crippen molar-refractivity contribution in [2.45, 2.75) is 134 Å². The maximum absolute atomic E-state index is 13.4. The van der Waals surface area contributed by atoms with Gasteiger partial charge in [0, 0.05) is 30.9 Å². The molecule has 0 aromatic rings. The summed E-state index contributed by atoms with van der Waals surface area (Å²) in [5, 5.41) is 65.2. The molecule has 0 aliphatic carbocycles. The smallest absolute Gasteiger partial charge is 0.407 e. The number of alkyl carbamates (subject to hydrolysis) is 1. The van der Waals surface area contributed by atoms with Gasteiger partial charge in [0.05, 0.1) is 43.2 Å². The first-order chi connectivity index (χ1) is 19.9. The number of hydrogen-bond donors (Lipinski definition) is 8. The van der Waals surface area contributed by atoms with Crippen LogP contribution in [0.4, 0.5) is 4.79 Å². The van der Waals surface area contributed by atoms with Gasteiger partial charge in [-0.15, -0.1) is 0 Å². The second-order valence-electron chi connectivity index (χ2n) is 14.0. The number of carbonyl (C=O) groups excluding carboxylic acids is 2. The lowest BCUT2D eigenvalue weighted by Crippen LogP contribution is -2.68. The molecule has 0 spiro atoms. The molecular weight excluding hydrogens is 584 g/mol. The minimum Gasteiger partial charge on any atom is -0.477 e. The maximum Gasteiger partial charge on any atom is 0.407 e. The fourth-order valence-corrected chi connectivity index (χ4v) is 4.93.